The number of aryl methyl sites for hydroxylation is 2. The van der Waals surface area contributed by atoms with E-state index in [0.717, 1.165) is 36.2 Å². The Morgan fingerprint density at radius 3 is 2.44 bits per heavy atom. The number of fused-ring (bicyclic) bond motifs is 1. The molecule has 0 amide bonds. The number of hydrogen-bond donors (Lipinski definition) is 1. The Hall–Kier alpha value is -3.78. The Labute approximate surface area is 236 Å². The number of nitrogens with one attached hydrogen (secondary N) is 1. The zero-order valence-corrected chi connectivity index (χ0v) is 24.0. The van der Waals surface area contributed by atoms with Crippen LogP contribution in [0.5, 0.6) is 17.2 Å². The molecule has 0 fully saturated rings. The maximum atomic E-state index is 12.0. The quantitative estimate of drug-likeness (QED) is 0.253. The summed E-state index contributed by atoms with van der Waals surface area (Å²) >= 11 is 5.99. The highest BCUT2D eigenvalue weighted by atomic mass is 32.1. The van der Waals surface area contributed by atoms with Crippen molar-refractivity contribution in [1.82, 2.24) is 4.90 Å². The smallest absolute Gasteiger partial charge is 0.338 e. The molecule has 0 bridgehead atoms. The number of anilines is 1. The number of ether oxygens (including phenoxy) is 4. The third-order valence-electron chi connectivity index (χ3n) is 7.01. The van der Waals surface area contributed by atoms with Gasteiger partial charge in [-0.05, 0) is 97.6 Å². The molecule has 1 aliphatic rings. The molecule has 7 nitrogen and oxygen atoms in total. The topological polar surface area (TPSA) is 69.3 Å². The van der Waals surface area contributed by atoms with Gasteiger partial charge in [-0.25, -0.2) is 4.79 Å². The third kappa shape index (κ3) is 6.28. The lowest BCUT2D eigenvalue weighted by atomic mass is 9.92. The van der Waals surface area contributed by atoms with Gasteiger partial charge in [-0.15, -0.1) is 0 Å². The van der Waals surface area contributed by atoms with Gasteiger partial charge in [0, 0.05) is 12.2 Å². The summed E-state index contributed by atoms with van der Waals surface area (Å²) in [6.45, 7) is 7.42. The molecule has 1 N–H and O–H groups in total. The SMILES string of the molecule is CCOC(=O)c1ccc(OCC2c3cc(OC)c(OC)cc3CCN2C(=S)Nc2c(C)cccc2CC)cc1. The van der Waals surface area contributed by atoms with Crippen molar-refractivity contribution in [3.63, 3.8) is 0 Å². The van der Waals surface area contributed by atoms with Gasteiger partial charge in [-0.2, -0.15) is 0 Å². The second kappa shape index (κ2) is 12.8. The van der Waals surface area contributed by atoms with E-state index in [-0.39, 0.29) is 12.0 Å². The standard InChI is InChI=1S/C31H36N2O5S/c1-6-21-10-8-9-20(3)29(21)32-31(39)33-16-15-23-17-27(35-4)28(36-5)18-25(23)26(33)19-38-24-13-11-22(12-14-24)30(34)37-7-2/h8-14,17-18,26H,6-7,15-16,19H2,1-5H3,(H,32,39). The van der Waals surface area contributed by atoms with Crippen molar-refractivity contribution in [2.45, 2.75) is 39.7 Å². The number of hydrogen-bond acceptors (Lipinski definition) is 6. The normalized spacial score (nSPS) is 14.3. The minimum Gasteiger partial charge on any atom is -0.493 e. The number of thiocarbonyl (C=S) groups is 1. The van der Waals surface area contributed by atoms with Crippen molar-refractivity contribution in [1.29, 1.82) is 0 Å². The van der Waals surface area contributed by atoms with Crippen LogP contribution in [-0.4, -0.2) is 50.0 Å². The first-order valence-corrected chi connectivity index (χ1v) is 13.6. The van der Waals surface area contributed by atoms with Gasteiger partial charge in [-0.1, -0.05) is 25.1 Å². The van der Waals surface area contributed by atoms with Crippen molar-refractivity contribution in [2.24, 2.45) is 0 Å². The van der Waals surface area contributed by atoms with Crippen molar-refractivity contribution >= 4 is 29.0 Å². The molecule has 0 saturated carbocycles. The van der Waals surface area contributed by atoms with Crippen molar-refractivity contribution in [2.75, 3.05) is 39.3 Å². The summed E-state index contributed by atoms with van der Waals surface area (Å²) in [5.74, 6) is 1.67. The number of methoxy groups -OCH3 is 2. The maximum Gasteiger partial charge on any atom is 0.338 e. The van der Waals surface area contributed by atoms with E-state index in [1.807, 2.05) is 12.1 Å². The predicted octanol–water partition coefficient (Wildman–Crippen LogP) is 6.13. The van der Waals surface area contributed by atoms with E-state index in [2.05, 4.69) is 42.3 Å². The number of carbonyl (C=O) groups is 1. The first-order chi connectivity index (χ1) is 18.9. The van der Waals surface area contributed by atoms with E-state index in [1.165, 1.54) is 11.1 Å². The molecule has 1 aliphatic heterocycles. The molecule has 3 aromatic carbocycles. The first kappa shape index (κ1) is 28.2. The fourth-order valence-corrected chi connectivity index (χ4v) is 5.23. The molecule has 1 heterocycles. The fourth-order valence-electron chi connectivity index (χ4n) is 4.91. The number of nitrogens with zero attached hydrogens (tertiary/aromatic N) is 1. The Kier molecular flexibility index (Phi) is 9.30. The lowest BCUT2D eigenvalue weighted by Crippen LogP contribution is -2.44. The number of benzene rings is 3. The molecule has 0 aromatic heterocycles. The average molecular weight is 549 g/mol. The van der Waals surface area contributed by atoms with Gasteiger partial charge in [0.05, 0.1) is 32.4 Å². The first-order valence-electron chi connectivity index (χ1n) is 13.2. The van der Waals surface area contributed by atoms with Gasteiger partial charge in [0.1, 0.15) is 12.4 Å². The van der Waals surface area contributed by atoms with Gasteiger partial charge in [-0.3, -0.25) is 0 Å². The number of carbonyl (C=O) groups excluding carboxylic acids is 1. The fraction of sp³-hybridized carbons (Fsp3) is 0.355. The summed E-state index contributed by atoms with van der Waals surface area (Å²) in [6, 6.07) is 17.2. The van der Waals surface area contributed by atoms with Crippen LogP contribution < -0.4 is 19.5 Å². The Morgan fingerprint density at radius 1 is 1.05 bits per heavy atom. The highest BCUT2D eigenvalue weighted by Crippen LogP contribution is 2.39. The van der Waals surface area contributed by atoms with Gasteiger partial charge in [0.15, 0.2) is 16.6 Å². The van der Waals surface area contributed by atoms with Crippen LogP contribution in [0.15, 0.2) is 54.6 Å². The van der Waals surface area contributed by atoms with E-state index < -0.39 is 0 Å². The number of para-hydroxylation sites is 1. The largest absolute Gasteiger partial charge is 0.493 e. The van der Waals surface area contributed by atoms with Crippen LogP contribution in [0.4, 0.5) is 5.69 Å². The summed E-state index contributed by atoms with van der Waals surface area (Å²) < 4.78 is 22.6. The van der Waals surface area contributed by atoms with Crippen molar-refractivity contribution in [3.05, 3.63) is 82.4 Å². The van der Waals surface area contributed by atoms with Crippen molar-refractivity contribution in [3.8, 4) is 17.2 Å². The van der Waals surface area contributed by atoms with Crippen LogP contribution >= 0.6 is 12.2 Å². The molecule has 8 heteroatoms. The molecule has 0 radical (unpaired) electrons. The maximum absolute atomic E-state index is 12.0. The second-order valence-electron chi connectivity index (χ2n) is 9.31. The predicted molar refractivity (Wildman–Crippen MR) is 157 cm³/mol. The molecule has 0 spiro atoms. The van der Waals surface area contributed by atoms with Crippen LogP contribution in [0.25, 0.3) is 0 Å². The lowest BCUT2D eigenvalue weighted by molar-refractivity contribution is 0.0526. The summed E-state index contributed by atoms with van der Waals surface area (Å²) in [4.78, 5) is 14.2. The van der Waals surface area contributed by atoms with Gasteiger partial charge < -0.3 is 29.2 Å². The van der Waals surface area contributed by atoms with Gasteiger partial charge in [0.2, 0.25) is 0 Å². The molecule has 3 aromatic rings. The van der Waals surface area contributed by atoms with Crippen molar-refractivity contribution < 1.29 is 23.7 Å². The lowest BCUT2D eigenvalue weighted by Gasteiger charge is -2.39. The van der Waals surface area contributed by atoms with E-state index in [4.69, 9.17) is 31.2 Å². The van der Waals surface area contributed by atoms with E-state index in [1.54, 1.807) is 45.4 Å². The third-order valence-corrected chi connectivity index (χ3v) is 7.35. The molecule has 1 unspecified atom stereocenters. The van der Waals surface area contributed by atoms with Crippen LogP contribution in [0.3, 0.4) is 0 Å². The van der Waals surface area contributed by atoms with Crippen LogP contribution in [0, 0.1) is 6.92 Å². The highest BCUT2D eigenvalue weighted by molar-refractivity contribution is 7.80. The molecule has 1 atom stereocenters. The summed E-state index contributed by atoms with van der Waals surface area (Å²) in [5, 5.41) is 4.18. The molecular formula is C31H36N2O5S. The van der Waals surface area contributed by atoms with E-state index in [9.17, 15) is 4.79 Å². The Bertz CT molecular complexity index is 1330. The zero-order valence-electron chi connectivity index (χ0n) is 23.2. The highest BCUT2D eigenvalue weighted by Gasteiger charge is 2.32. The molecule has 4 rings (SSSR count). The minimum atomic E-state index is -0.350. The van der Waals surface area contributed by atoms with E-state index in [0.29, 0.717) is 41.1 Å². The van der Waals surface area contributed by atoms with Gasteiger partial charge >= 0.3 is 5.97 Å². The molecule has 206 valence electrons. The molecule has 0 saturated heterocycles. The monoisotopic (exact) mass is 548 g/mol. The van der Waals surface area contributed by atoms with E-state index >= 15 is 0 Å². The van der Waals surface area contributed by atoms with Crippen LogP contribution in [-0.2, 0) is 17.6 Å². The average Bonchev–Trinajstić information content (AvgIpc) is 2.96. The van der Waals surface area contributed by atoms with Gasteiger partial charge in [0.25, 0.3) is 0 Å². The molecular weight excluding hydrogens is 512 g/mol. The Balaban J connectivity index is 1.63. The zero-order chi connectivity index (χ0) is 27.9. The summed E-state index contributed by atoms with van der Waals surface area (Å²) in [5.41, 5.74) is 6.15. The summed E-state index contributed by atoms with van der Waals surface area (Å²) in [7, 11) is 3.28. The Morgan fingerprint density at radius 2 is 1.77 bits per heavy atom. The number of rotatable bonds is 9. The van der Waals surface area contributed by atoms with Crippen LogP contribution in [0.2, 0.25) is 0 Å². The molecule has 0 aliphatic carbocycles. The minimum absolute atomic E-state index is 0.174. The second-order valence-corrected chi connectivity index (χ2v) is 9.70. The van der Waals surface area contributed by atoms with Crippen LogP contribution in [0.1, 0.15) is 52.5 Å². The number of esters is 1. The molecule has 39 heavy (non-hydrogen) atoms. The summed E-state index contributed by atoms with van der Waals surface area (Å²) in [6.07, 6.45) is 1.71.